The van der Waals surface area contributed by atoms with Crippen LogP contribution in [0.1, 0.15) is 104 Å². The Labute approximate surface area is 343 Å². The van der Waals surface area contributed by atoms with E-state index in [0.717, 1.165) is 50.0 Å². The van der Waals surface area contributed by atoms with Crippen molar-refractivity contribution in [2.45, 2.75) is 126 Å². The van der Waals surface area contributed by atoms with Crippen molar-refractivity contribution in [3.8, 4) is 0 Å². The molecule has 2 aliphatic heterocycles. The molecular weight excluding hydrogens is 771 g/mol. The lowest BCUT2D eigenvalue weighted by Crippen LogP contribution is -2.60. The van der Waals surface area contributed by atoms with Crippen LogP contribution in [0.4, 0.5) is 0 Å². The molecule has 1 aromatic carbocycles. The Kier molecular flexibility index (Phi) is 17.3. The highest BCUT2D eigenvalue weighted by Crippen LogP contribution is 2.50. The molecule has 3 fully saturated rings. The fourth-order valence-corrected chi connectivity index (χ4v) is 11.1. The number of Topliss-reactive ketones (excluding diaryl/α,β-unsaturated/α-hetero) is 1. The van der Waals surface area contributed by atoms with Gasteiger partial charge >= 0.3 is 0 Å². The highest BCUT2D eigenvalue weighted by molar-refractivity contribution is 8.18. The van der Waals surface area contributed by atoms with E-state index in [9.17, 15) is 38.4 Å². The number of rotatable bonds is 18. The molecule has 1 aromatic rings. The number of primary amides is 1. The molecule has 1 aliphatic carbocycles. The third-order valence-electron chi connectivity index (χ3n) is 10.5. The topological polar surface area (TPSA) is 226 Å². The number of benzene rings is 1. The van der Waals surface area contributed by atoms with Gasteiger partial charge in [0.25, 0.3) is 5.91 Å². The van der Waals surface area contributed by atoms with Crippen molar-refractivity contribution in [1.82, 2.24) is 31.5 Å². The molecular formula is C40H59N7O8S2. The molecule has 3 aliphatic rings. The van der Waals surface area contributed by atoms with Gasteiger partial charge in [-0.1, -0.05) is 76.8 Å². The fourth-order valence-electron chi connectivity index (χ4n) is 7.77. The third kappa shape index (κ3) is 12.9. The van der Waals surface area contributed by atoms with Crippen molar-refractivity contribution >= 4 is 70.7 Å². The summed E-state index contributed by atoms with van der Waals surface area (Å²) in [5, 5.41) is 13.3. The second kappa shape index (κ2) is 21.6. The van der Waals surface area contributed by atoms with Crippen LogP contribution in [0.15, 0.2) is 30.3 Å². The summed E-state index contributed by atoms with van der Waals surface area (Å²) >= 11 is 3.41. The molecule has 0 bridgehead atoms. The van der Waals surface area contributed by atoms with Crippen LogP contribution in [0.5, 0.6) is 0 Å². The monoisotopic (exact) mass is 829 g/mol. The first-order valence-corrected chi connectivity index (χ1v) is 22.0. The van der Waals surface area contributed by atoms with E-state index in [2.05, 4.69) is 26.6 Å². The van der Waals surface area contributed by atoms with Gasteiger partial charge in [-0.15, -0.1) is 23.5 Å². The minimum atomic E-state index is -1.24. The number of carbonyl (C=O) groups excluding carboxylic acids is 8. The van der Waals surface area contributed by atoms with Crippen LogP contribution < -0.4 is 32.3 Å². The molecule has 5 atom stereocenters. The third-order valence-corrected chi connectivity index (χ3v) is 13.9. The van der Waals surface area contributed by atoms with Crippen molar-refractivity contribution in [2.24, 2.45) is 17.6 Å². The van der Waals surface area contributed by atoms with Gasteiger partial charge in [0.15, 0.2) is 0 Å². The predicted molar refractivity (Wildman–Crippen MR) is 219 cm³/mol. The molecule has 2 saturated heterocycles. The van der Waals surface area contributed by atoms with Crippen molar-refractivity contribution in [3.63, 3.8) is 0 Å². The minimum absolute atomic E-state index is 0.0927. The number of thioether (sulfide) groups is 2. The van der Waals surface area contributed by atoms with Crippen LogP contribution >= 0.6 is 23.5 Å². The van der Waals surface area contributed by atoms with E-state index >= 15 is 0 Å². The molecule has 0 aromatic heterocycles. The van der Waals surface area contributed by atoms with E-state index in [1.165, 1.54) is 6.92 Å². The number of carbonyl (C=O) groups is 8. The van der Waals surface area contributed by atoms with Gasteiger partial charge in [0.05, 0.1) is 16.7 Å². The number of hydrogen-bond donors (Lipinski definition) is 6. The molecule has 17 heteroatoms. The number of hydrogen-bond acceptors (Lipinski definition) is 10. The molecule has 57 heavy (non-hydrogen) atoms. The van der Waals surface area contributed by atoms with Crippen molar-refractivity contribution in [1.29, 1.82) is 0 Å². The molecule has 7 N–H and O–H groups in total. The van der Waals surface area contributed by atoms with Gasteiger partial charge in [-0.3, -0.25) is 38.4 Å². The zero-order chi connectivity index (χ0) is 41.7. The number of nitrogens with two attached hydrogens (primary N) is 1. The Bertz CT molecular complexity index is 1620. The average Bonchev–Trinajstić information content (AvgIpc) is 3.55. The van der Waals surface area contributed by atoms with E-state index in [0.29, 0.717) is 24.8 Å². The summed E-state index contributed by atoms with van der Waals surface area (Å²) in [4.78, 5) is 108. The largest absolute Gasteiger partial charge is 0.368 e. The Hall–Kier alpha value is -4.12. The summed E-state index contributed by atoms with van der Waals surface area (Å²) in [6, 6.07) is 3.21. The number of nitrogens with zero attached hydrogens (tertiary/aromatic N) is 1. The van der Waals surface area contributed by atoms with Crippen molar-refractivity contribution < 1.29 is 38.4 Å². The van der Waals surface area contributed by atoms with Crippen molar-refractivity contribution in [3.05, 3.63) is 35.9 Å². The van der Waals surface area contributed by atoms with E-state index in [-0.39, 0.29) is 36.6 Å². The second-order valence-corrected chi connectivity index (χ2v) is 18.8. The highest BCUT2D eigenvalue weighted by atomic mass is 32.2. The summed E-state index contributed by atoms with van der Waals surface area (Å²) < 4.78 is -0.467. The Morgan fingerprint density at radius 1 is 0.877 bits per heavy atom. The molecule has 2 unspecified atom stereocenters. The van der Waals surface area contributed by atoms with Gasteiger partial charge in [-0.2, -0.15) is 0 Å². The molecule has 0 radical (unpaired) electrons. The van der Waals surface area contributed by atoms with Crippen LogP contribution in [0.2, 0.25) is 0 Å². The fraction of sp³-hybridized carbons (Fsp3) is 0.650. The zero-order valence-electron chi connectivity index (χ0n) is 33.4. The maximum atomic E-state index is 14.8. The van der Waals surface area contributed by atoms with Crippen LogP contribution in [-0.2, 0) is 38.4 Å². The van der Waals surface area contributed by atoms with Crippen molar-refractivity contribution in [2.75, 3.05) is 24.6 Å². The summed E-state index contributed by atoms with van der Waals surface area (Å²) in [5.41, 5.74) is 5.94. The first-order valence-electron chi connectivity index (χ1n) is 20.1. The zero-order valence-corrected chi connectivity index (χ0v) is 35.1. The minimum Gasteiger partial charge on any atom is -0.368 e. The summed E-state index contributed by atoms with van der Waals surface area (Å²) in [6.45, 7) is 6.68. The molecule has 15 nitrogen and oxygen atoms in total. The van der Waals surface area contributed by atoms with Crippen LogP contribution in [-0.4, -0.2) is 105 Å². The Balaban J connectivity index is 1.52. The first kappa shape index (κ1) is 45.6. The first-order chi connectivity index (χ1) is 27.1. The lowest BCUT2D eigenvalue weighted by atomic mass is 9.83. The predicted octanol–water partition coefficient (Wildman–Crippen LogP) is 2.08. The molecule has 2 heterocycles. The van der Waals surface area contributed by atoms with E-state index < -0.39 is 76.2 Å². The summed E-state index contributed by atoms with van der Waals surface area (Å²) in [6.07, 6.45) is 6.50. The van der Waals surface area contributed by atoms with E-state index in [1.54, 1.807) is 65.7 Å². The number of likely N-dealkylation sites (tertiary alicyclic amines) is 1. The number of amides is 7. The van der Waals surface area contributed by atoms with Gasteiger partial charge in [0.2, 0.25) is 41.2 Å². The summed E-state index contributed by atoms with van der Waals surface area (Å²) in [5.74, 6) is -3.72. The Morgan fingerprint density at radius 3 is 2.14 bits per heavy atom. The smallest absolute Gasteiger partial charge is 0.290 e. The normalized spacial score (nSPS) is 20.1. The molecule has 314 valence electrons. The van der Waals surface area contributed by atoms with Crippen LogP contribution in [0.3, 0.4) is 0 Å². The maximum absolute atomic E-state index is 14.8. The molecule has 4 rings (SSSR count). The van der Waals surface area contributed by atoms with Gasteiger partial charge in [0, 0.05) is 19.9 Å². The second-order valence-electron chi connectivity index (χ2n) is 15.6. The maximum Gasteiger partial charge on any atom is 0.290 e. The SMILES string of the molecule is CCCC(NC(=O)[C@@H]1CC2(CN1C(=O)[C@@H](NC(=O)[C@H](CC(C)C)NC(C)=O)C1CCCCC1)SCCCS2)C(=O)C(=O)NCC(=O)NC(C(N)=O)c1ccccc1. The van der Waals surface area contributed by atoms with Crippen LogP contribution in [0, 0.1) is 11.8 Å². The average molecular weight is 830 g/mol. The molecule has 7 amide bonds. The van der Waals surface area contributed by atoms with E-state index in [1.807, 2.05) is 13.8 Å². The van der Waals surface area contributed by atoms with Gasteiger partial charge in [0.1, 0.15) is 24.2 Å². The Morgan fingerprint density at radius 2 is 1.54 bits per heavy atom. The van der Waals surface area contributed by atoms with Gasteiger partial charge < -0.3 is 37.2 Å². The highest BCUT2D eigenvalue weighted by Gasteiger charge is 2.52. The van der Waals surface area contributed by atoms with E-state index in [4.69, 9.17) is 5.73 Å². The lowest BCUT2D eigenvalue weighted by molar-refractivity contribution is -0.145. The standard InChI is InChI=1S/C40H59N7O8S2/c1-5-13-28(34(50)38(54)42-22-31(49)45-32(35(41)51)26-14-8-6-9-15-26)44-37(53)30-21-40(56-18-12-19-57-40)23-47(30)39(55)33(27-16-10-7-11-17-27)46-36(52)29(20-24(2)3)43-25(4)48/h6,8-9,14-15,24,27-30,32-33H,5,7,10-13,16-23H2,1-4H3,(H2,41,51)(H,42,54)(H,43,48)(H,44,53)(H,45,49)(H,46,52)/t28?,29-,30-,32?,33-/m0/s1. The quantitative estimate of drug-likeness (QED) is 0.118. The lowest BCUT2D eigenvalue weighted by Gasteiger charge is -2.36. The number of ketones is 1. The number of nitrogens with one attached hydrogen (secondary N) is 5. The molecule has 1 saturated carbocycles. The summed E-state index contributed by atoms with van der Waals surface area (Å²) in [7, 11) is 0. The molecule has 1 spiro atoms. The van der Waals surface area contributed by atoms with Gasteiger partial charge in [-0.25, -0.2) is 0 Å². The van der Waals surface area contributed by atoms with Gasteiger partial charge in [-0.05, 0) is 61.0 Å². The van der Waals surface area contributed by atoms with Crippen LogP contribution in [0.25, 0.3) is 0 Å².